The van der Waals surface area contributed by atoms with Crippen LogP contribution in [0.4, 0.5) is 13.2 Å². The lowest BCUT2D eigenvalue weighted by molar-refractivity contribution is -0.189. The number of alkyl halides is 3. The minimum Gasteiger partial charge on any atom is -0.359 e. The Bertz CT molecular complexity index is 316. The molecule has 0 aromatic carbocycles. The largest absolute Gasteiger partial charge is 0.393 e. The van der Waals surface area contributed by atoms with Crippen molar-refractivity contribution in [3.8, 4) is 0 Å². The number of carbonyl (C=O) groups excluding carboxylic acids is 1. The molecule has 19 heavy (non-hydrogen) atoms. The van der Waals surface area contributed by atoms with Crippen LogP contribution in [0.2, 0.25) is 0 Å². The van der Waals surface area contributed by atoms with Crippen molar-refractivity contribution in [2.24, 2.45) is 11.3 Å². The van der Waals surface area contributed by atoms with Crippen molar-refractivity contribution in [2.45, 2.75) is 51.7 Å². The number of halogens is 3. The van der Waals surface area contributed by atoms with Gasteiger partial charge in [-0.2, -0.15) is 13.2 Å². The van der Waals surface area contributed by atoms with E-state index in [2.05, 4.69) is 10.6 Å². The molecule has 2 atom stereocenters. The van der Waals surface area contributed by atoms with E-state index >= 15 is 0 Å². The van der Waals surface area contributed by atoms with E-state index in [-0.39, 0.29) is 18.9 Å². The molecule has 0 spiro atoms. The summed E-state index contributed by atoms with van der Waals surface area (Å²) in [5.41, 5.74) is -0.706. The maximum Gasteiger partial charge on any atom is 0.393 e. The highest BCUT2D eigenvalue weighted by atomic mass is 19.4. The van der Waals surface area contributed by atoms with E-state index in [1.807, 2.05) is 0 Å². The summed E-state index contributed by atoms with van der Waals surface area (Å²) in [6.45, 7) is 3.71. The lowest BCUT2D eigenvalue weighted by Crippen LogP contribution is -2.50. The van der Waals surface area contributed by atoms with Crippen molar-refractivity contribution in [1.82, 2.24) is 10.6 Å². The Morgan fingerprint density at radius 2 is 1.79 bits per heavy atom. The van der Waals surface area contributed by atoms with Crippen LogP contribution in [0.5, 0.6) is 0 Å². The first-order valence-electron chi connectivity index (χ1n) is 6.71. The molecule has 3 nitrogen and oxygen atoms in total. The molecule has 1 rings (SSSR count). The lowest BCUT2D eigenvalue weighted by atomic mass is 9.83. The Morgan fingerprint density at radius 1 is 1.21 bits per heavy atom. The van der Waals surface area contributed by atoms with Crippen molar-refractivity contribution in [1.29, 1.82) is 0 Å². The zero-order valence-corrected chi connectivity index (χ0v) is 11.7. The van der Waals surface area contributed by atoms with E-state index in [1.54, 1.807) is 13.8 Å². The molecule has 2 unspecified atom stereocenters. The van der Waals surface area contributed by atoms with Gasteiger partial charge in [0.1, 0.15) is 0 Å². The molecule has 0 saturated heterocycles. The second-order valence-corrected chi connectivity index (χ2v) is 5.88. The minimum absolute atomic E-state index is 0.167. The Kier molecular flexibility index (Phi) is 5.24. The second-order valence-electron chi connectivity index (χ2n) is 5.88. The molecule has 0 heterocycles. The fraction of sp³-hybridized carbons (Fsp3) is 0.923. The van der Waals surface area contributed by atoms with Gasteiger partial charge in [-0.15, -0.1) is 0 Å². The monoisotopic (exact) mass is 280 g/mol. The molecule has 0 radical (unpaired) electrons. The second kappa shape index (κ2) is 6.11. The molecular weight excluding hydrogens is 257 g/mol. The molecule has 112 valence electrons. The molecule has 6 heteroatoms. The average molecular weight is 280 g/mol. The quantitative estimate of drug-likeness (QED) is 0.830. The first-order chi connectivity index (χ1) is 8.68. The molecule has 1 saturated carbocycles. The van der Waals surface area contributed by atoms with Crippen LogP contribution in [0, 0.1) is 11.3 Å². The Hall–Kier alpha value is -0.780. The molecule has 1 aliphatic carbocycles. The van der Waals surface area contributed by atoms with Crippen molar-refractivity contribution in [3.63, 3.8) is 0 Å². The standard InChI is InChI=1S/C13H23F3N2O/c1-12(2,11(19)17-3)8-18-10-7-5-4-6-9(10)13(14,15)16/h9-10,18H,4-8H2,1-3H3,(H,17,19). The SMILES string of the molecule is CNC(=O)C(C)(C)CNC1CCCCC1C(F)(F)F. The normalized spacial score (nSPS) is 25.2. The predicted octanol–water partition coefficient (Wildman–Crippen LogP) is 2.47. The summed E-state index contributed by atoms with van der Waals surface area (Å²) in [6, 6.07) is -0.572. The summed E-state index contributed by atoms with van der Waals surface area (Å²) < 4.78 is 38.8. The van der Waals surface area contributed by atoms with E-state index in [0.717, 1.165) is 6.42 Å². The zero-order chi connectivity index (χ0) is 14.7. The summed E-state index contributed by atoms with van der Waals surface area (Å²) in [4.78, 5) is 11.6. The molecule has 1 fully saturated rings. The van der Waals surface area contributed by atoms with Gasteiger partial charge in [0.05, 0.1) is 11.3 Å². The first kappa shape index (κ1) is 16.3. The van der Waals surface area contributed by atoms with E-state index in [9.17, 15) is 18.0 Å². The number of hydrogen-bond donors (Lipinski definition) is 2. The van der Waals surface area contributed by atoms with Crippen molar-refractivity contribution < 1.29 is 18.0 Å². The van der Waals surface area contributed by atoms with Gasteiger partial charge in [0, 0.05) is 19.6 Å². The fourth-order valence-electron chi connectivity index (χ4n) is 2.57. The van der Waals surface area contributed by atoms with Crippen LogP contribution in [0.25, 0.3) is 0 Å². The van der Waals surface area contributed by atoms with Gasteiger partial charge >= 0.3 is 6.18 Å². The van der Waals surface area contributed by atoms with Gasteiger partial charge < -0.3 is 10.6 Å². The number of carbonyl (C=O) groups is 1. The van der Waals surface area contributed by atoms with Crippen LogP contribution in [-0.4, -0.2) is 31.7 Å². The summed E-state index contributed by atoms with van der Waals surface area (Å²) in [5.74, 6) is -1.46. The summed E-state index contributed by atoms with van der Waals surface area (Å²) in [5, 5.41) is 5.49. The maximum absolute atomic E-state index is 12.9. The number of hydrogen-bond acceptors (Lipinski definition) is 2. The smallest absolute Gasteiger partial charge is 0.359 e. The highest BCUT2D eigenvalue weighted by Gasteiger charge is 2.45. The van der Waals surface area contributed by atoms with Gasteiger partial charge in [0.25, 0.3) is 0 Å². The van der Waals surface area contributed by atoms with Gasteiger partial charge in [-0.3, -0.25) is 4.79 Å². The molecule has 0 aliphatic heterocycles. The minimum atomic E-state index is -4.16. The summed E-state index contributed by atoms with van der Waals surface area (Å²) >= 11 is 0. The molecule has 0 aromatic heterocycles. The number of nitrogens with one attached hydrogen (secondary N) is 2. The highest BCUT2D eigenvalue weighted by molar-refractivity contribution is 5.81. The fourth-order valence-corrected chi connectivity index (χ4v) is 2.57. The van der Waals surface area contributed by atoms with E-state index in [1.165, 1.54) is 7.05 Å². The zero-order valence-electron chi connectivity index (χ0n) is 11.7. The van der Waals surface area contributed by atoms with Gasteiger partial charge in [-0.25, -0.2) is 0 Å². The molecule has 1 aliphatic rings. The van der Waals surface area contributed by atoms with Crippen LogP contribution in [0.15, 0.2) is 0 Å². The Morgan fingerprint density at radius 3 is 2.32 bits per heavy atom. The predicted molar refractivity (Wildman–Crippen MR) is 67.7 cm³/mol. The van der Waals surface area contributed by atoms with Crippen molar-refractivity contribution >= 4 is 5.91 Å². The Labute approximate surface area is 112 Å². The van der Waals surface area contributed by atoms with Gasteiger partial charge in [0.15, 0.2) is 0 Å². The lowest BCUT2D eigenvalue weighted by Gasteiger charge is -2.35. The maximum atomic E-state index is 12.9. The van der Waals surface area contributed by atoms with Crippen molar-refractivity contribution in [3.05, 3.63) is 0 Å². The van der Waals surface area contributed by atoms with Gasteiger partial charge in [-0.1, -0.05) is 12.8 Å². The van der Waals surface area contributed by atoms with E-state index in [0.29, 0.717) is 12.8 Å². The third-order valence-electron chi connectivity index (χ3n) is 3.83. The Balaban J connectivity index is 2.61. The van der Waals surface area contributed by atoms with E-state index < -0.39 is 23.6 Å². The molecular formula is C13H23F3N2O. The average Bonchev–Trinajstić information content (AvgIpc) is 2.34. The summed E-state index contributed by atoms with van der Waals surface area (Å²) in [7, 11) is 1.53. The van der Waals surface area contributed by atoms with Crippen LogP contribution < -0.4 is 10.6 Å². The van der Waals surface area contributed by atoms with Gasteiger partial charge in [0.2, 0.25) is 5.91 Å². The third kappa shape index (κ3) is 4.37. The highest BCUT2D eigenvalue weighted by Crippen LogP contribution is 2.37. The van der Waals surface area contributed by atoms with E-state index in [4.69, 9.17) is 0 Å². The molecule has 0 aromatic rings. The summed E-state index contributed by atoms with van der Waals surface area (Å²) in [6.07, 6.45) is -2.02. The number of rotatable bonds is 4. The molecule has 0 bridgehead atoms. The van der Waals surface area contributed by atoms with Crippen LogP contribution in [0.3, 0.4) is 0 Å². The van der Waals surface area contributed by atoms with Crippen molar-refractivity contribution in [2.75, 3.05) is 13.6 Å². The van der Waals surface area contributed by atoms with Crippen LogP contribution in [0.1, 0.15) is 39.5 Å². The molecule has 2 N–H and O–H groups in total. The third-order valence-corrected chi connectivity index (χ3v) is 3.83. The van der Waals surface area contributed by atoms with Crippen LogP contribution in [-0.2, 0) is 4.79 Å². The van der Waals surface area contributed by atoms with Crippen LogP contribution >= 0.6 is 0 Å². The first-order valence-corrected chi connectivity index (χ1v) is 6.71. The number of amides is 1. The molecule has 1 amide bonds. The van der Waals surface area contributed by atoms with Gasteiger partial charge in [-0.05, 0) is 26.7 Å². The topological polar surface area (TPSA) is 41.1 Å².